The van der Waals surface area contributed by atoms with Crippen molar-refractivity contribution >= 4 is 11.7 Å². The van der Waals surface area contributed by atoms with E-state index in [9.17, 15) is 14.4 Å². The Hall–Kier alpha value is -3.87. The summed E-state index contributed by atoms with van der Waals surface area (Å²) in [5, 5.41) is 2.84. The zero-order valence-electron chi connectivity index (χ0n) is 20.5. The van der Waals surface area contributed by atoms with Crippen molar-refractivity contribution < 1.29 is 19.1 Å². The van der Waals surface area contributed by atoms with Gasteiger partial charge >= 0.3 is 0 Å². The summed E-state index contributed by atoms with van der Waals surface area (Å²) in [6.45, 7) is 4.35. The fourth-order valence-corrected chi connectivity index (χ4v) is 4.58. The number of rotatable bonds is 7. The van der Waals surface area contributed by atoms with Crippen LogP contribution in [0.25, 0.3) is 5.69 Å². The molecule has 4 rings (SSSR count). The second-order valence-corrected chi connectivity index (χ2v) is 9.53. The summed E-state index contributed by atoms with van der Waals surface area (Å²) in [6, 6.07) is 16.2. The van der Waals surface area contributed by atoms with E-state index in [1.807, 2.05) is 62.4 Å². The zero-order chi connectivity index (χ0) is 25.2. The van der Waals surface area contributed by atoms with Crippen LogP contribution in [0.5, 0.6) is 11.5 Å². The molecule has 7 heteroatoms. The van der Waals surface area contributed by atoms with Crippen LogP contribution in [0.3, 0.4) is 0 Å². The van der Waals surface area contributed by atoms with Crippen molar-refractivity contribution in [1.29, 1.82) is 0 Å². The number of ketones is 1. The molecule has 0 spiro atoms. The Morgan fingerprint density at radius 1 is 0.971 bits per heavy atom. The van der Waals surface area contributed by atoms with Crippen molar-refractivity contribution in [3.63, 3.8) is 0 Å². The van der Waals surface area contributed by atoms with E-state index in [4.69, 9.17) is 9.47 Å². The van der Waals surface area contributed by atoms with Crippen LogP contribution in [-0.4, -0.2) is 37.0 Å². The van der Waals surface area contributed by atoms with Crippen LogP contribution in [0.15, 0.2) is 59.4 Å². The van der Waals surface area contributed by atoms with Crippen LogP contribution in [0.2, 0.25) is 0 Å². The van der Waals surface area contributed by atoms with Gasteiger partial charge in [0, 0.05) is 29.9 Å². The summed E-state index contributed by atoms with van der Waals surface area (Å²) in [5.74, 6) is 0.683. The van der Waals surface area contributed by atoms with Gasteiger partial charge in [-0.1, -0.05) is 38.1 Å². The molecule has 1 amide bonds. The second kappa shape index (κ2) is 9.78. The highest BCUT2D eigenvalue weighted by Crippen LogP contribution is 2.35. The maximum Gasteiger partial charge on any atom is 0.268 e. The number of amides is 1. The molecule has 0 radical (unpaired) electrons. The number of aromatic nitrogens is 1. The largest absolute Gasteiger partial charge is 0.493 e. The minimum absolute atomic E-state index is 0.0343. The van der Waals surface area contributed by atoms with Gasteiger partial charge in [-0.3, -0.25) is 19.0 Å². The lowest BCUT2D eigenvalue weighted by Crippen LogP contribution is -2.39. The number of methoxy groups -OCH3 is 2. The first-order valence-electron chi connectivity index (χ1n) is 11.6. The summed E-state index contributed by atoms with van der Waals surface area (Å²) >= 11 is 0. The molecule has 0 saturated heterocycles. The lowest BCUT2D eigenvalue weighted by atomic mass is 9.75. The third-order valence-electron chi connectivity index (χ3n) is 6.29. The lowest BCUT2D eigenvalue weighted by molar-refractivity contribution is 0.0908. The Morgan fingerprint density at radius 2 is 1.69 bits per heavy atom. The molecule has 0 aliphatic heterocycles. The Morgan fingerprint density at radius 3 is 2.37 bits per heavy atom. The average Bonchev–Trinajstić information content (AvgIpc) is 2.83. The summed E-state index contributed by atoms with van der Waals surface area (Å²) in [5.41, 5.74) is 1.96. The number of benzene rings is 2. The van der Waals surface area contributed by atoms with E-state index in [-0.39, 0.29) is 16.8 Å². The van der Waals surface area contributed by atoms with E-state index in [1.165, 1.54) is 10.6 Å². The summed E-state index contributed by atoms with van der Waals surface area (Å²) in [4.78, 5) is 39.7. The van der Waals surface area contributed by atoms with Crippen molar-refractivity contribution in [3.8, 4) is 17.2 Å². The molecule has 2 aromatic carbocycles. The first kappa shape index (κ1) is 24.3. The molecule has 7 nitrogen and oxygen atoms in total. The smallest absolute Gasteiger partial charge is 0.268 e. The molecule has 0 saturated carbocycles. The van der Waals surface area contributed by atoms with Gasteiger partial charge in [0.05, 0.1) is 14.2 Å². The Labute approximate surface area is 204 Å². The number of ether oxygens (including phenoxy) is 2. The Balaban J connectivity index is 1.64. The van der Waals surface area contributed by atoms with Crippen LogP contribution in [0.4, 0.5) is 0 Å². The molecule has 1 aliphatic carbocycles. The molecule has 1 N–H and O–H groups in total. The summed E-state index contributed by atoms with van der Waals surface area (Å²) in [6.07, 6.45) is 1.48. The number of carbonyl (C=O) groups excluding carboxylic acids is 2. The number of hydrogen-bond acceptors (Lipinski definition) is 5. The van der Waals surface area contributed by atoms with Gasteiger partial charge in [0.1, 0.15) is 5.56 Å². The maximum atomic E-state index is 13.5. The van der Waals surface area contributed by atoms with E-state index in [0.717, 1.165) is 5.56 Å². The lowest BCUT2D eigenvalue weighted by Gasteiger charge is -2.32. The van der Waals surface area contributed by atoms with Gasteiger partial charge in [0.15, 0.2) is 17.3 Å². The first-order chi connectivity index (χ1) is 16.7. The topological polar surface area (TPSA) is 86.6 Å². The number of Topliss-reactive ketones (excluding diaryl/α,β-unsaturated/α-hetero) is 1. The Kier molecular flexibility index (Phi) is 6.78. The third kappa shape index (κ3) is 4.99. The normalized spacial score (nSPS) is 14.2. The van der Waals surface area contributed by atoms with Crippen LogP contribution >= 0.6 is 0 Å². The molecule has 0 bridgehead atoms. The van der Waals surface area contributed by atoms with Crippen LogP contribution in [0, 0.1) is 5.41 Å². The van der Waals surface area contributed by atoms with Gasteiger partial charge in [-0.05, 0) is 54.2 Å². The standard InChI is InChI=1S/C28H30N2O5/c1-28(2)16-22-20(23(31)17-28)15-21(27(33)30(22)19-8-6-5-7-9-19)26(32)29-13-12-18-10-11-24(34-3)25(14-18)35-4/h5-11,14-15H,12-13,16-17H2,1-4H3,(H,29,32). The van der Waals surface area contributed by atoms with Gasteiger partial charge in [-0.15, -0.1) is 0 Å². The molecule has 35 heavy (non-hydrogen) atoms. The monoisotopic (exact) mass is 474 g/mol. The SMILES string of the molecule is COc1ccc(CCNC(=O)c2cc3c(n(-c4ccccc4)c2=O)CC(C)(C)CC3=O)cc1OC. The minimum Gasteiger partial charge on any atom is -0.493 e. The number of pyridine rings is 1. The molecule has 0 unspecified atom stereocenters. The van der Waals surface area contributed by atoms with Crippen LogP contribution in [-0.2, 0) is 12.8 Å². The van der Waals surface area contributed by atoms with Gasteiger partial charge in [0.2, 0.25) is 0 Å². The van der Waals surface area contributed by atoms with Crippen LogP contribution in [0.1, 0.15) is 52.2 Å². The van der Waals surface area contributed by atoms with Crippen molar-refractivity contribution in [1.82, 2.24) is 9.88 Å². The van der Waals surface area contributed by atoms with Crippen molar-refractivity contribution in [2.75, 3.05) is 20.8 Å². The van der Waals surface area contributed by atoms with Gasteiger partial charge in [0.25, 0.3) is 11.5 Å². The molecule has 182 valence electrons. The first-order valence-corrected chi connectivity index (χ1v) is 11.6. The highest BCUT2D eigenvalue weighted by atomic mass is 16.5. The van der Waals surface area contributed by atoms with E-state index >= 15 is 0 Å². The fraction of sp³-hybridized carbons (Fsp3) is 0.321. The predicted molar refractivity (Wildman–Crippen MR) is 134 cm³/mol. The molecule has 0 atom stereocenters. The summed E-state index contributed by atoms with van der Waals surface area (Å²) in [7, 11) is 3.14. The van der Waals surface area contributed by atoms with Gasteiger partial charge in [-0.25, -0.2) is 0 Å². The number of carbonyl (C=O) groups is 2. The molecular weight excluding hydrogens is 444 g/mol. The van der Waals surface area contributed by atoms with Crippen LogP contribution < -0.4 is 20.3 Å². The minimum atomic E-state index is -0.499. The van der Waals surface area contributed by atoms with E-state index in [1.54, 1.807) is 14.2 Å². The van der Waals surface area contributed by atoms with Crippen molar-refractivity contribution in [2.24, 2.45) is 5.41 Å². The summed E-state index contributed by atoms with van der Waals surface area (Å²) < 4.78 is 12.1. The molecule has 1 aliphatic rings. The number of fused-ring (bicyclic) bond motifs is 1. The molecule has 1 aromatic heterocycles. The predicted octanol–water partition coefficient (Wildman–Crippen LogP) is 3.98. The highest BCUT2D eigenvalue weighted by molar-refractivity contribution is 6.02. The third-order valence-corrected chi connectivity index (χ3v) is 6.29. The number of para-hydroxylation sites is 1. The Bertz CT molecular complexity index is 1330. The number of hydrogen-bond donors (Lipinski definition) is 1. The quantitative estimate of drug-likeness (QED) is 0.560. The van der Waals surface area contributed by atoms with E-state index in [0.29, 0.717) is 54.3 Å². The number of nitrogens with one attached hydrogen (secondary N) is 1. The van der Waals surface area contributed by atoms with Gasteiger partial charge in [-0.2, -0.15) is 0 Å². The molecule has 1 heterocycles. The second-order valence-electron chi connectivity index (χ2n) is 9.53. The fourth-order valence-electron chi connectivity index (χ4n) is 4.58. The van der Waals surface area contributed by atoms with E-state index < -0.39 is 11.5 Å². The number of nitrogens with zero attached hydrogens (tertiary/aromatic N) is 1. The molecule has 3 aromatic rings. The maximum absolute atomic E-state index is 13.5. The average molecular weight is 475 g/mol. The van der Waals surface area contributed by atoms with Gasteiger partial charge < -0.3 is 14.8 Å². The zero-order valence-corrected chi connectivity index (χ0v) is 20.5. The van der Waals surface area contributed by atoms with Crippen molar-refractivity contribution in [3.05, 3.63) is 87.3 Å². The molecule has 0 fully saturated rings. The highest BCUT2D eigenvalue weighted by Gasteiger charge is 2.35. The molecular formula is C28H30N2O5. The van der Waals surface area contributed by atoms with Crippen molar-refractivity contribution in [2.45, 2.75) is 33.1 Å². The van der Waals surface area contributed by atoms with E-state index in [2.05, 4.69) is 5.32 Å².